The van der Waals surface area contributed by atoms with E-state index >= 15 is 0 Å². The molecule has 0 aliphatic carbocycles. The van der Waals surface area contributed by atoms with Gasteiger partial charge in [0.05, 0.1) is 12.2 Å². The average Bonchev–Trinajstić information content (AvgIpc) is 3.24. The van der Waals surface area contributed by atoms with Crippen molar-refractivity contribution in [3.05, 3.63) is 203 Å². The third kappa shape index (κ3) is 10.5. The van der Waals surface area contributed by atoms with Gasteiger partial charge in [-0.25, -0.2) is 8.78 Å². The monoisotopic (exact) mass is 790 g/mol. The summed E-state index contributed by atoms with van der Waals surface area (Å²) in [6.07, 6.45) is -10.4. The van der Waals surface area contributed by atoms with Gasteiger partial charge in [0, 0.05) is 25.7 Å². The molecule has 0 saturated carbocycles. The fourth-order valence-corrected chi connectivity index (χ4v) is 7.03. The first kappa shape index (κ1) is 42.2. The smallest absolute Gasteiger partial charge is 0.126 e. The minimum atomic E-state index is -2.64. The summed E-state index contributed by atoms with van der Waals surface area (Å²) in [7, 11) is 0. The molecule has 0 amide bonds. The molecule has 0 aliphatic heterocycles. The number of hydrogen-bond donors (Lipinski definition) is 6. The van der Waals surface area contributed by atoms with Gasteiger partial charge in [0.15, 0.2) is 0 Å². The van der Waals surface area contributed by atoms with Crippen molar-refractivity contribution >= 4 is 0 Å². The predicted octanol–water partition coefficient (Wildman–Crippen LogP) is 6.30. The van der Waals surface area contributed by atoms with Crippen molar-refractivity contribution in [2.75, 3.05) is 0 Å². The van der Waals surface area contributed by atoms with Crippen molar-refractivity contribution in [1.29, 1.82) is 0 Å². The molecule has 0 spiro atoms. The maximum absolute atomic E-state index is 14.9. The molecule has 302 valence electrons. The summed E-state index contributed by atoms with van der Waals surface area (Å²) < 4.78 is 41.5. The summed E-state index contributed by atoms with van der Waals surface area (Å²) >= 11 is 0. The van der Waals surface area contributed by atoms with Gasteiger partial charge in [-0.2, -0.15) is 0 Å². The predicted molar refractivity (Wildman–Crippen MR) is 216 cm³/mol. The second-order valence-electron chi connectivity index (χ2n) is 14.7. The molecule has 0 heterocycles. The van der Waals surface area contributed by atoms with Gasteiger partial charge in [-0.05, 0) is 69.8 Å². The van der Waals surface area contributed by atoms with Crippen LogP contribution in [0.15, 0.2) is 158 Å². The number of aliphatic hydroxyl groups excluding tert-OH is 4. The Morgan fingerprint density at radius 3 is 1.09 bits per heavy atom. The first-order valence-corrected chi connectivity index (χ1v) is 19.1. The SMILES string of the molecule is OC(Cc1ccccc1F)[C@](O)(Cc1ccc(OCc2ccccc2)cc1)[C@@H](O)[C@H](O)[C@@](O)(Cc1ccc(OCc2ccccc2)cc1)C(O)Cc1ccccc1F. The lowest BCUT2D eigenvalue weighted by molar-refractivity contribution is -0.232. The van der Waals surface area contributed by atoms with Gasteiger partial charge < -0.3 is 40.1 Å². The normalized spacial score (nSPS) is 15.7. The van der Waals surface area contributed by atoms with E-state index in [1.807, 2.05) is 60.7 Å². The van der Waals surface area contributed by atoms with Crippen molar-refractivity contribution in [3.8, 4) is 11.5 Å². The summed E-state index contributed by atoms with van der Waals surface area (Å²) in [6, 6.07) is 43.4. The summed E-state index contributed by atoms with van der Waals surface area (Å²) in [5.41, 5.74) is -2.53. The van der Waals surface area contributed by atoms with Gasteiger partial charge in [-0.1, -0.05) is 121 Å². The lowest BCUT2D eigenvalue weighted by Crippen LogP contribution is -2.67. The Bertz CT molecular complexity index is 2010. The Hall–Kier alpha value is -5.46. The van der Waals surface area contributed by atoms with Gasteiger partial charge in [-0.15, -0.1) is 0 Å². The lowest BCUT2D eigenvalue weighted by Gasteiger charge is -2.46. The minimum Gasteiger partial charge on any atom is -0.489 e. The molecule has 6 atom stereocenters. The van der Waals surface area contributed by atoms with Crippen LogP contribution in [0.4, 0.5) is 8.78 Å². The van der Waals surface area contributed by atoms with Crippen LogP contribution in [0.2, 0.25) is 0 Å². The average molecular weight is 791 g/mol. The maximum Gasteiger partial charge on any atom is 0.126 e. The van der Waals surface area contributed by atoms with Crippen molar-refractivity contribution in [3.63, 3.8) is 0 Å². The summed E-state index contributed by atoms with van der Waals surface area (Å²) in [5, 5.41) is 72.3. The Morgan fingerprint density at radius 1 is 0.414 bits per heavy atom. The highest BCUT2D eigenvalue weighted by Gasteiger charge is 2.54. The molecule has 8 nitrogen and oxygen atoms in total. The van der Waals surface area contributed by atoms with E-state index in [9.17, 15) is 39.4 Å². The van der Waals surface area contributed by atoms with E-state index < -0.39 is 72.9 Å². The third-order valence-electron chi connectivity index (χ3n) is 10.5. The van der Waals surface area contributed by atoms with Crippen LogP contribution in [0.1, 0.15) is 33.4 Å². The second kappa shape index (κ2) is 19.3. The van der Waals surface area contributed by atoms with E-state index in [-0.39, 0.29) is 11.1 Å². The summed E-state index contributed by atoms with van der Waals surface area (Å²) in [6.45, 7) is 0.598. The zero-order valence-electron chi connectivity index (χ0n) is 31.8. The number of hydrogen-bond acceptors (Lipinski definition) is 8. The molecular weight excluding hydrogens is 743 g/mol. The zero-order chi connectivity index (χ0) is 41.1. The standard InChI is InChI=1S/C48H48F2O8/c49-41-17-9-7-15-37(41)27-43(51)47(55,29-33-19-23-39(24-20-33)57-31-35-11-3-1-4-12-35)45(53)46(54)48(56,44(52)28-38-16-8-10-18-42(38)50)30-34-21-25-40(26-22-34)58-32-36-13-5-2-6-14-36/h1-26,43-46,51-56H,27-32H2/t43?,44?,45-,46-,47+,48+/m0/s1. The second-order valence-corrected chi connectivity index (χ2v) is 14.7. The van der Waals surface area contributed by atoms with E-state index in [4.69, 9.17) is 9.47 Å². The molecule has 0 saturated heterocycles. The van der Waals surface area contributed by atoms with E-state index in [1.54, 1.807) is 60.7 Å². The first-order valence-electron chi connectivity index (χ1n) is 19.1. The van der Waals surface area contributed by atoms with Crippen LogP contribution < -0.4 is 9.47 Å². The van der Waals surface area contributed by atoms with Gasteiger partial charge in [-0.3, -0.25) is 0 Å². The molecule has 58 heavy (non-hydrogen) atoms. The number of halogens is 2. The quantitative estimate of drug-likeness (QED) is 0.0563. The number of rotatable bonds is 19. The Morgan fingerprint density at radius 2 is 0.741 bits per heavy atom. The molecule has 0 radical (unpaired) electrons. The number of ether oxygens (including phenoxy) is 2. The molecular formula is C48H48F2O8. The van der Waals surface area contributed by atoms with Gasteiger partial charge in [0.25, 0.3) is 0 Å². The van der Waals surface area contributed by atoms with Crippen LogP contribution in [0.3, 0.4) is 0 Å². The van der Waals surface area contributed by atoms with Crippen molar-refractivity contribution in [2.45, 2.75) is 74.5 Å². The van der Waals surface area contributed by atoms with Crippen molar-refractivity contribution < 1.29 is 48.9 Å². The molecule has 6 aromatic rings. The van der Waals surface area contributed by atoms with Crippen LogP contribution in [-0.2, 0) is 38.9 Å². The fourth-order valence-electron chi connectivity index (χ4n) is 7.03. The molecule has 6 rings (SSSR count). The topological polar surface area (TPSA) is 140 Å². The van der Waals surface area contributed by atoms with Crippen LogP contribution in [-0.4, -0.2) is 66.3 Å². The van der Waals surface area contributed by atoms with E-state index in [2.05, 4.69) is 0 Å². The Balaban J connectivity index is 1.29. The van der Waals surface area contributed by atoms with Crippen molar-refractivity contribution in [1.82, 2.24) is 0 Å². The van der Waals surface area contributed by atoms with Crippen LogP contribution in [0.5, 0.6) is 11.5 Å². The minimum absolute atomic E-state index is 0.0317. The maximum atomic E-state index is 14.9. The molecule has 10 heteroatoms. The molecule has 6 aromatic carbocycles. The van der Waals surface area contributed by atoms with Crippen molar-refractivity contribution in [2.24, 2.45) is 0 Å². The van der Waals surface area contributed by atoms with E-state index in [0.29, 0.717) is 35.8 Å². The Kier molecular flexibility index (Phi) is 14.0. The fraction of sp³-hybridized carbons (Fsp3) is 0.250. The molecule has 0 bridgehead atoms. The molecule has 0 aliphatic rings. The Labute approximate surface area is 336 Å². The van der Waals surface area contributed by atoms with Gasteiger partial charge in [0.1, 0.15) is 59.8 Å². The van der Waals surface area contributed by atoms with E-state index in [1.165, 1.54) is 36.4 Å². The number of benzene rings is 6. The number of aliphatic hydroxyl groups is 6. The highest BCUT2D eigenvalue weighted by Crippen LogP contribution is 2.35. The molecule has 0 aromatic heterocycles. The first-order chi connectivity index (χ1) is 27.9. The lowest BCUT2D eigenvalue weighted by atomic mass is 9.72. The molecule has 6 N–H and O–H groups in total. The summed E-state index contributed by atoms with van der Waals surface area (Å²) in [5.74, 6) is -0.310. The van der Waals surface area contributed by atoms with Gasteiger partial charge in [0.2, 0.25) is 0 Å². The van der Waals surface area contributed by atoms with Crippen LogP contribution in [0.25, 0.3) is 0 Å². The zero-order valence-corrected chi connectivity index (χ0v) is 31.8. The summed E-state index contributed by atoms with van der Waals surface area (Å²) in [4.78, 5) is 0. The van der Waals surface area contributed by atoms with Gasteiger partial charge >= 0.3 is 0 Å². The largest absolute Gasteiger partial charge is 0.489 e. The molecule has 0 fully saturated rings. The molecule has 2 unspecified atom stereocenters. The third-order valence-corrected chi connectivity index (χ3v) is 10.5. The van der Waals surface area contributed by atoms with E-state index in [0.717, 1.165) is 11.1 Å². The highest BCUT2D eigenvalue weighted by atomic mass is 19.1. The highest BCUT2D eigenvalue weighted by molar-refractivity contribution is 5.32. The van der Waals surface area contributed by atoms with Crippen LogP contribution in [0, 0.1) is 11.6 Å². The van der Waals surface area contributed by atoms with Crippen LogP contribution >= 0.6 is 0 Å².